The standard InChI is InChI=1S/C25H22F3N5O2S/c1-35-20-11-19(21(27)28)29-23(30-20)33-12-16-13-36-24(31-22(34)15-7-3-2-4-8-15)32-25(16,14-33)17-9-5-6-10-18(17)26/h2-11,16,21H,12-14H2,1H3,(H,31,32,34)/t16-,25-/m0/s1. The number of carbonyl (C=O) groups excluding carboxylic acids is 1. The van der Waals surface area contributed by atoms with Gasteiger partial charge < -0.3 is 15.0 Å². The average molecular weight is 514 g/mol. The Balaban J connectivity index is 1.54. The predicted octanol–water partition coefficient (Wildman–Crippen LogP) is 4.43. The van der Waals surface area contributed by atoms with Crippen molar-refractivity contribution >= 4 is 28.8 Å². The summed E-state index contributed by atoms with van der Waals surface area (Å²) in [7, 11) is 1.34. The van der Waals surface area contributed by atoms with E-state index in [9.17, 15) is 13.6 Å². The number of ether oxygens (including phenoxy) is 1. The molecule has 0 radical (unpaired) electrons. The van der Waals surface area contributed by atoms with Crippen molar-refractivity contribution in [1.29, 1.82) is 0 Å². The monoisotopic (exact) mass is 513 g/mol. The van der Waals surface area contributed by atoms with E-state index in [0.717, 1.165) is 6.07 Å². The van der Waals surface area contributed by atoms with Crippen molar-refractivity contribution in [2.45, 2.75) is 12.0 Å². The fourth-order valence-electron chi connectivity index (χ4n) is 4.55. The number of aliphatic imine (C=N–C) groups is 1. The highest BCUT2D eigenvalue weighted by molar-refractivity contribution is 8.13. The van der Waals surface area contributed by atoms with Crippen LogP contribution in [0.2, 0.25) is 0 Å². The molecule has 186 valence electrons. The maximum absolute atomic E-state index is 15.1. The Hall–Kier alpha value is -3.60. The summed E-state index contributed by atoms with van der Waals surface area (Å²) >= 11 is 1.36. The molecule has 2 atom stereocenters. The Morgan fingerprint density at radius 2 is 1.92 bits per heavy atom. The van der Waals surface area contributed by atoms with E-state index in [1.54, 1.807) is 47.4 Å². The van der Waals surface area contributed by atoms with E-state index in [1.165, 1.54) is 24.9 Å². The van der Waals surface area contributed by atoms with Crippen LogP contribution in [0.1, 0.15) is 28.0 Å². The Morgan fingerprint density at radius 1 is 1.17 bits per heavy atom. The third-order valence-electron chi connectivity index (χ3n) is 6.29. The van der Waals surface area contributed by atoms with E-state index in [2.05, 4.69) is 15.3 Å². The number of hydrogen-bond donors (Lipinski definition) is 1. The molecule has 0 spiro atoms. The van der Waals surface area contributed by atoms with Crippen LogP contribution in [-0.2, 0) is 5.54 Å². The van der Waals surface area contributed by atoms with Crippen molar-refractivity contribution in [3.63, 3.8) is 0 Å². The number of nitrogens with zero attached hydrogens (tertiary/aromatic N) is 4. The third-order valence-corrected chi connectivity index (χ3v) is 7.33. The number of anilines is 1. The molecule has 1 saturated heterocycles. The number of carbonyl (C=O) groups is 1. The Labute approximate surface area is 209 Å². The van der Waals surface area contributed by atoms with E-state index in [1.807, 2.05) is 6.07 Å². The maximum Gasteiger partial charge on any atom is 0.280 e. The van der Waals surface area contributed by atoms with Gasteiger partial charge in [-0.05, 0) is 18.2 Å². The summed E-state index contributed by atoms with van der Waals surface area (Å²) in [6.07, 6.45) is -2.81. The lowest BCUT2D eigenvalue weighted by Crippen LogP contribution is -2.43. The number of amides is 1. The molecule has 0 saturated carbocycles. The normalized spacial score (nSPS) is 21.2. The lowest BCUT2D eigenvalue weighted by atomic mass is 9.81. The number of methoxy groups -OCH3 is 1. The first-order valence-corrected chi connectivity index (χ1v) is 12.2. The fourth-order valence-corrected chi connectivity index (χ4v) is 5.69. The van der Waals surface area contributed by atoms with Gasteiger partial charge in [0, 0.05) is 35.4 Å². The number of hydrogen-bond acceptors (Lipinski definition) is 7. The lowest BCUT2D eigenvalue weighted by molar-refractivity contribution is 0.0977. The van der Waals surface area contributed by atoms with Gasteiger partial charge in [-0.15, -0.1) is 0 Å². The summed E-state index contributed by atoms with van der Waals surface area (Å²) in [5.74, 6) is -0.361. The van der Waals surface area contributed by atoms with Crippen LogP contribution in [0.4, 0.5) is 19.1 Å². The van der Waals surface area contributed by atoms with Crippen molar-refractivity contribution in [1.82, 2.24) is 15.3 Å². The minimum atomic E-state index is -2.81. The molecule has 2 aliphatic heterocycles. The van der Waals surface area contributed by atoms with Crippen LogP contribution < -0.4 is 15.0 Å². The molecule has 11 heteroatoms. The van der Waals surface area contributed by atoms with Crippen LogP contribution in [-0.4, -0.2) is 47.0 Å². The van der Waals surface area contributed by atoms with Gasteiger partial charge in [0.25, 0.3) is 12.3 Å². The number of rotatable bonds is 5. The number of alkyl halides is 2. The van der Waals surface area contributed by atoms with Crippen LogP contribution in [0.5, 0.6) is 5.88 Å². The van der Waals surface area contributed by atoms with Gasteiger partial charge in [-0.1, -0.05) is 48.2 Å². The fraction of sp³-hybridized carbons (Fsp3) is 0.280. The van der Waals surface area contributed by atoms with Gasteiger partial charge in [0.2, 0.25) is 11.8 Å². The Bertz CT molecular complexity index is 1310. The van der Waals surface area contributed by atoms with E-state index in [-0.39, 0.29) is 30.2 Å². The van der Waals surface area contributed by atoms with Crippen molar-refractivity contribution in [3.8, 4) is 5.88 Å². The maximum atomic E-state index is 15.1. The second kappa shape index (κ2) is 9.81. The number of amidine groups is 1. The van der Waals surface area contributed by atoms with Crippen molar-refractivity contribution < 1.29 is 22.7 Å². The predicted molar refractivity (Wildman–Crippen MR) is 131 cm³/mol. The molecule has 2 aromatic carbocycles. The van der Waals surface area contributed by atoms with Gasteiger partial charge in [-0.2, -0.15) is 4.98 Å². The van der Waals surface area contributed by atoms with Crippen LogP contribution in [0.3, 0.4) is 0 Å². The molecule has 1 fully saturated rings. The average Bonchev–Trinajstić information content (AvgIpc) is 3.29. The van der Waals surface area contributed by atoms with Gasteiger partial charge in [0.15, 0.2) is 5.17 Å². The highest BCUT2D eigenvalue weighted by Crippen LogP contribution is 2.47. The van der Waals surface area contributed by atoms with Crippen molar-refractivity contribution in [2.75, 3.05) is 30.9 Å². The SMILES string of the molecule is COc1cc(C(F)F)nc(N2C[C@H]3CSC(NC(=O)c4ccccc4)=N[C@@]3(c3ccccc3F)C2)n1. The number of thioether (sulfide) groups is 1. The summed E-state index contributed by atoms with van der Waals surface area (Å²) < 4.78 is 47.2. The number of nitrogens with one attached hydrogen (secondary N) is 1. The first kappa shape index (κ1) is 24.1. The van der Waals surface area contributed by atoms with Crippen molar-refractivity contribution in [2.24, 2.45) is 10.9 Å². The molecule has 1 amide bonds. The molecule has 0 aliphatic carbocycles. The smallest absolute Gasteiger partial charge is 0.280 e. The molecule has 7 nitrogen and oxygen atoms in total. The Kier molecular flexibility index (Phi) is 6.57. The molecule has 3 heterocycles. The van der Waals surface area contributed by atoms with Gasteiger partial charge >= 0.3 is 0 Å². The van der Waals surface area contributed by atoms with Gasteiger partial charge in [0.1, 0.15) is 17.1 Å². The molecule has 3 aromatic rings. The molecule has 5 rings (SSSR count). The zero-order valence-corrected chi connectivity index (χ0v) is 20.0. The van der Waals surface area contributed by atoms with E-state index >= 15 is 4.39 Å². The third kappa shape index (κ3) is 4.50. The molecule has 2 aliphatic rings. The number of fused-ring (bicyclic) bond motifs is 1. The minimum Gasteiger partial charge on any atom is -0.481 e. The second-order valence-electron chi connectivity index (χ2n) is 8.47. The summed E-state index contributed by atoms with van der Waals surface area (Å²) in [5.41, 5.74) is -0.699. The molecule has 36 heavy (non-hydrogen) atoms. The molecular formula is C25H22F3N5O2S. The molecule has 1 N–H and O–H groups in total. The first-order valence-electron chi connectivity index (χ1n) is 11.2. The number of aromatic nitrogens is 2. The van der Waals surface area contributed by atoms with E-state index in [0.29, 0.717) is 28.6 Å². The molecule has 0 unspecified atom stereocenters. The first-order chi connectivity index (χ1) is 17.4. The molecule has 0 bridgehead atoms. The van der Waals surface area contributed by atoms with Gasteiger partial charge in [-0.25, -0.2) is 23.1 Å². The quantitative estimate of drug-likeness (QED) is 0.544. The van der Waals surface area contributed by atoms with Crippen LogP contribution >= 0.6 is 11.8 Å². The summed E-state index contributed by atoms with van der Waals surface area (Å²) in [6.45, 7) is 0.500. The van der Waals surface area contributed by atoms with Gasteiger partial charge in [0.05, 0.1) is 13.7 Å². The number of halogens is 3. The largest absolute Gasteiger partial charge is 0.481 e. The molecular weight excluding hydrogens is 491 g/mol. The summed E-state index contributed by atoms with van der Waals surface area (Å²) in [4.78, 5) is 27.7. The highest BCUT2D eigenvalue weighted by atomic mass is 32.2. The van der Waals surface area contributed by atoms with Crippen LogP contribution in [0, 0.1) is 11.7 Å². The summed E-state index contributed by atoms with van der Waals surface area (Å²) in [5, 5.41) is 3.21. The summed E-state index contributed by atoms with van der Waals surface area (Å²) in [6, 6.07) is 16.2. The lowest BCUT2D eigenvalue weighted by Gasteiger charge is -2.35. The zero-order chi connectivity index (χ0) is 25.3. The van der Waals surface area contributed by atoms with Crippen LogP contribution in [0.25, 0.3) is 0 Å². The van der Waals surface area contributed by atoms with Gasteiger partial charge in [-0.3, -0.25) is 4.79 Å². The van der Waals surface area contributed by atoms with E-state index < -0.39 is 23.5 Å². The van der Waals surface area contributed by atoms with Crippen LogP contribution in [0.15, 0.2) is 65.7 Å². The highest BCUT2D eigenvalue weighted by Gasteiger charge is 2.52. The van der Waals surface area contributed by atoms with Crippen molar-refractivity contribution in [3.05, 3.63) is 83.3 Å². The minimum absolute atomic E-state index is 0.0128. The van der Waals surface area contributed by atoms with E-state index in [4.69, 9.17) is 9.73 Å². The second-order valence-corrected chi connectivity index (χ2v) is 9.47. The molecule has 1 aromatic heterocycles. The topological polar surface area (TPSA) is 79.7 Å². The zero-order valence-electron chi connectivity index (χ0n) is 19.2. The Morgan fingerprint density at radius 3 is 2.64 bits per heavy atom. The number of benzene rings is 2.